The molecule has 2 aromatic heterocycles. The van der Waals surface area contributed by atoms with Crippen LogP contribution in [0.1, 0.15) is 11.3 Å². The van der Waals surface area contributed by atoms with Crippen molar-refractivity contribution < 1.29 is 21.6 Å². The molecular formula is C24H19Cl2F3N4O2S. The summed E-state index contributed by atoms with van der Waals surface area (Å²) < 4.78 is 61.9. The molecule has 2 N–H and O–H groups in total. The van der Waals surface area contributed by atoms with E-state index in [9.17, 15) is 21.6 Å². The highest BCUT2D eigenvalue weighted by Crippen LogP contribution is 2.32. The van der Waals surface area contributed by atoms with Crippen LogP contribution < -0.4 is 5.14 Å². The molecule has 0 aliphatic carbocycles. The third kappa shape index (κ3) is 7.01. The third-order valence-electron chi connectivity index (χ3n) is 4.84. The van der Waals surface area contributed by atoms with Crippen molar-refractivity contribution >= 4 is 33.2 Å². The number of halogens is 5. The first-order chi connectivity index (χ1) is 16.9. The average molecular weight is 555 g/mol. The molecule has 0 fully saturated rings. The fourth-order valence-electron chi connectivity index (χ4n) is 3.27. The summed E-state index contributed by atoms with van der Waals surface area (Å²) in [5, 5.41) is 5.40. The van der Waals surface area contributed by atoms with Crippen molar-refractivity contribution in [3.63, 3.8) is 0 Å². The summed E-state index contributed by atoms with van der Waals surface area (Å²) in [4.78, 5) is 13.1. The Kier molecular flexibility index (Phi) is 8.67. The van der Waals surface area contributed by atoms with E-state index < -0.39 is 21.8 Å². The minimum Gasteiger partial charge on any atom is -0.251 e. The van der Waals surface area contributed by atoms with Gasteiger partial charge in [0.2, 0.25) is 10.0 Å². The Labute approximate surface area is 216 Å². The van der Waals surface area contributed by atoms with E-state index in [-0.39, 0.29) is 16.1 Å². The highest BCUT2D eigenvalue weighted by atomic mass is 35.5. The van der Waals surface area contributed by atoms with Crippen LogP contribution in [0.5, 0.6) is 0 Å². The first-order valence-electron chi connectivity index (χ1n) is 10.2. The fraction of sp³-hybridized carbons (Fsp3) is 0.125. The van der Waals surface area contributed by atoms with Crippen LogP contribution in [0.15, 0.2) is 77.8 Å². The molecule has 0 saturated heterocycles. The Morgan fingerprint density at radius 3 is 2.14 bits per heavy atom. The number of aromatic nitrogens is 3. The van der Waals surface area contributed by atoms with Crippen LogP contribution >= 0.6 is 23.2 Å². The summed E-state index contributed by atoms with van der Waals surface area (Å²) in [5.41, 5.74) is 2.64. The molecular weight excluding hydrogens is 536 g/mol. The third-order valence-corrected chi connectivity index (χ3v) is 5.75. The number of primary sulfonamides is 1. The second-order valence-corrected chi connectivity index (χ2v) is 9.77. The molecule has 0 atom stereocenters. The first kappa shape index (κ1) is 27.5. The molecule has 0 bridgehead atoms. The number of alkyl halides is 5. The highest BCUT2D eigenvalue weighted by molar-refractivity contribution is 7.89. The number of nitrogens with two attached hydrogens (primary N) is 1. The van der Waals surface area contributed by atoms with Crippen molar-refractivity contribution in [1.82, 2.24) is 15.0 Å². The number of benzene rings is 2. The topological polar surface area (TPSA) is 98.8 Å². The van der Waals surface area contributed by atoms with Gasteiger partial charge in [-0.15, -0.1) is 23.2 Å². The predicted molar refractivity (Wildman–Crippen MR) is 134 cm³/mol. The lowest BCUT2D eigenvalue weighted by molar-refractivity contribution is -0.137. The summed E-state index contributed by atoms with van der Waals surface area (Å²) in [5.74, 6) is 0.275. The van der Waals surface area contributed by atoms with E-state index >= 15 is 0 Å². The first-order valence-corrected chi connectivity index (χ1v) is 12.8. The van der Waals surface area contributed by atoms with Gasteiger partial charge in [-0.3, -0.25) is 4.98 Å². The predicted octanol–water partition coefficient (Wildman–Crippen LogP) is 6.27. The van der Waals surface area contributed by atoms with Crippen molar-refractivity contribution in [2.24, 2.45) is 5.14 Å². The average Bonchev–Trinajstić information content (AvgIpc) is 2.83. The number of rotatable bonds is 4. The Balaban J connectivity index is 0.00000115. The number of sulfonamides is 1. The number of nitrogens with zero attached hydrogens (tertiary/aromatic N) is 3. The van der Waals surface area contributed by atoms with Gasteiger partial charge in [-0.05, 0) is 60.5 Å². The Bertz CT molecular complexity index is 1470. The molecule has 4 aromatic rings. The molecule has 6 nitrogen and oxygen atoms in total. The molecule has 2 aromatic carbocycles. The van der Waals surface area contributed by atoms with Gasteiger partial charge in [0.15, 0.2) is 5.82 Å². The van der Waals surface area contributed by atoms with Gasteiger partial charge in [-0.2, -0.15) is 13.2 Å². The smallest absolute Gasteiger partial charge is 0.251 e. The minimum absolute atomic E-state index is 0.0627. The van der Waals surface area contributed by atoms with E-state index in [1.807, 2.05) is 0 Å². The van der Waals surface area contributed by atoms with Crippen LogP contribution in [0.4, 0.5) is 13.2 Å². The largest absolute Gasteiger partial charge is 0.416 e. The molecule has 0 aliphatic heterocycles. The Morgan fingerprint density at radius 1 is 0.861 bits per heavy atom. The molecule has 2 heterocycles. The van der Waals surface area contributed by atoms with Gasteiger partial charge in [0, 0.05) is 17.5 Å². The Morgan fingerprint density at radius 2 is 1.53 bits per heavy atom. The highest BCUT2D eigenvalue weighted by Gasteiger charge is 2.30. The second-order valence-electron chi connectivity index (χ2n) is 7.40. The molecule has 0 amide bonds. The summed E-state index contributed by atoms with van der Waals surface area (Å²) >= 11 is 9.53. The number of pyridine rings is 1. The van der Waals surface area contributed by atoms with Crippen molar-refractivity contribution in [3.8, 4) is 33.9 Å². The zero-order chi connectivity index (χ0) is 26.5. The van der Waals surface area contributed by atoms with E-state index in [2.05, 4.69) is 15.0 Å². The van der Waals surface area contributed by atoms with Crippen molar-refractivity contribution in [2.45, 2.75) is 18.0 Å². The lowest BCUT2D eigenvalue weighted by Gasteiger charge is -2.10. The standard InChI is InChI=1S/C23H17F3N4O2S.CH2Cl2/c1-14-11-17(15-5-7-18(8-6-15)23(24,25)26)13-21(29-14)20-9-10-28-22(30-20)16-3-2-4-19(12-16)33(27,31)32;2-1-3/h2-13H,1H3,(H2,27,31,32);1H2. The number of aryl methyl sites for hydroxylation is 1. The quantitative estimate of drug-likeness (QED) is 0.300. The number of hydrogen-bond donors (Lipinski definition) is 1. The van der Waals surface area contributed by atoms with E-state index in [1.165, 1.54) is 30.5 Å². The van der Waals surface area contributed by atoms with Crippen LogP contribution in [0.2, 0.25) is 0 Å². The normalized spacial score (nSPS) is 11.5. The van der Waals surface area contributed by atoms with Crippen molar-refractivity contribution in [1.29, 1.82) is 0 Å². The van der Waals surface area contributed by atoms with Crippen LogP contribution in [0.3, 0.4) is 0 Å². The number of hydrogen-bond acceptors (Lipinski definition) is 5. The molecule has 36 heavy (non-hydrogen) atoms. The van der Waals surface area contributed by atoms with Gasteiger partial charge < -0.3 is 0 Å². The minimum atomic E-state index is -4.41. The molecule has 4 rings (SSSR count). The molecule has 0 spiro atoms. The van der Waals surface area contributed by atoms with Gasteiger partial charge in [-0.1, -0.05) is 24.3 Å². The summed E-state index contributed by atoms with van der Waals surface area (Å²) in [6, 6.07) is 16.0. The summed E-state index contributed by atoms with van der Waals surface area (Å²) in [7, 11) is -3.89. The van der Waals surface area contributed by atoms with Crippen LogP contribution in [-0.4, -0.2) is 28.7 Å². The maximum Gasteiger partial charge on any atom is 0.416 e. The van der Waals surface area contributed by atoms with E-state index in [1.54, 1.807) is 37.3 Å². The summed E-state index contributed by atoms with van der Waals surface area (Å²) in [6.07, 6.45) is -2.89. The van der Waals surface area contributed by atoms with Gasteiger partial charge in [0.1, 0.15) is 0 Å². The van der Waals surface area contributed by atoms with E-state index in [4.69, 9.17) is 28.3 Å². The molecule has 0 aliphatic rings. The second kappa shape index (κ2) is 11.3. The molecule has 188 valence electrons. The zero-order valence-electron chi connectivity index (χ0n) is 18.7. The monoisotopic (exact) mass is 554 g/mol. The lowest BCUT2D eigenvalue weighted by Crippen LogP contribution is -2.12. The van der Waals surface area contributed by atoms with Gasteiger partial charge in [0.25, 0.3) is 0 Å². The molecule has 12 heteroatoms. The maximum atomic E-state index is 12.9. The van der Waals surface area contributed by atoms with Crippen molar-refractivity contribution in [2.75, 3.05) is 5.34 Å². The molecule has 0 saturated carbocycles. The Hall–Kier alpha value is -3.05. The van der Waals surface area contributed by atoms with Gasteiger partial charge >= 0.3 is 6.18 Å². The molecule has 0 unspecified atom stereocenters. The van der Waals surface area contributed by atoms with E-state index in [0.717, 1.165) is 12.1 Å². The molecule has 0 radical (unpaired) electrons. The van der Waals surface area contributed by atoms with Crippen LogP contribution in [0, 0.1) is 6.92 Å². The summed E-state index contributed by atoms with van der Waals surface area (Å²) in [6.45, 7) is 1.77. The lowest BCUT2D eigenvalue weighted by atomic mass is 10.0. The van der Waals surface area contributed by atoms with Gasteiger partial charge in [-0.25, -0.2) is 23.5 Å². The fourth-order valence-corrected chi connectivity index (χ4v) is 3.83. The van der Waals surface area contributed by atoms with Crippen LogP contribution in [-0.2, 0) is 16.2 Å². The van der Waals surface area contributed by atoms with Crippen molar-refractivity contribution in [3.05, 3.63) is 84.2 Å². The SMILES string of the molecule is Cc1cc(-c2ccc(C(F)(F)F)cc2)cc(-c2ccnc(-c3cccc(S(N)(=O)=O)c3)n2)n1.ClCCl. The van der Waals surface area contributed by atoms with E-state index in [0.29, 0.717) is 33.8 Å². The zero-order valence-corrected chi connectivity index (χ0v) is 21.0. The maximum absolute atomic E-state index is 12.9. The van der Waals surface area contributed by atoms with Crippen LogP contribution in [0.25, 0.3) is 33.9 Å². The van der Waals surface area contributed by atoms with Gasteiger partial charge in [0.05, 0.1) is 27.2 Å².